The van der Waals surface area contributed by atoms with Crippen LogP contribution in [-0.4, -0.2) is 13.2 Å². The van der Waals surface area contributed by atoms with E-state index in [0.29, 0.717) is 13.2 Å². The lowest BCUT2D eigenvalue weighted by atomic mass is 10.1. The highest BCUT2D eigenvalue weighted by Gasteiger charge is 2.14. The van der Waals surface area contributed by atoms with E-state index in [1.807, 2.05) is 25.1 Å². The van der Waals surface area contributed by atoms with Crippen LogP contribution in [0.4, 0.5) is 0 Å². The molecule has 0 saturated heterocycles. The van der Waals surface area contributed by atoms with Gasteiger partial charge in [-0.15, -0.1) is 11.3 Å². The molecule has 0 aliphatic rings. The summed E-state index contributed by atoms with van der Waals surface area (Å²) in [7, 11) is 0. The fourth-order valence-corrected chi connectivity index (χ4v) is 2.67. The van der Waals surface area contributed by atoms with Crippen LogP contribution < -0.4 is 15.8 Å². The summed E-state index contributed by atoms with van der Waals surface area (Å²) in [6, 6.07) is 12.4. The summed E-state index contributed by atoms with van der Waals surface area (Å²) in [5.41, 5.74) is 7.02. The van der Waals surface area contributed by atoms with Gasteiger partial charge in [0.25, 0.3) is 0 Å². The van der Waals surface area contributed by atoms with Crippen molar-refractivity contribution < 1.29 is 4.74 Å². The molecule has 19 heavy (non-hydrogen) atoms. The van der Waals surface area contributed by atoms with E-state index in [9.17, 15) is 0 Å². The molecule has 102 valence electrons. The first kappa shape index (κ1) is 14.1. The number of rotatable bonds is 7. The van der Waals surface area contributed by atoms with Crippen LogP contribution in [0.3, 0.4) is 0 Å². The molecule has 0 amide bonds. The van der Waals surface area contributed by atoms with Crippen molar-refractivity contribution >= 4 is 11.3 Å². The summed E-state index contributed by atoms with van der Waals surface area (Å²) in [6.07, 6.45) is 0. The second kappa shape index (κ2) is 7.28. The Bertz CT molecular complexity index is 485. The van der Waals surface area contributed by atoms with Gasteiger partial charge in [-0.3, -0.25) is 0 Å². The highest BCUT2D eigenvalue weighted by atomic mass is 32.1. The van der Waals surface area contributed by atoms with E-state index in [4.69, 9.17) is 10.5 Å². The summed E-state index contributed by atoms with van der Waals surface area (Å²) in [6.45, 7) is 4.04. The highest BCUT2D eigenvalue weighted by Crippen LogP contribution is 2.25. The van der Waals surface area contributed by atoms with E-state index in [1.165, 1.54) is 4.88 Å². The quantitative estimate of drug-likeness (QED) is 0.817. The summed E-state index contributed by atoms with van der Waals surface area (Å²) in [4.78, 5) is 1.31. The summed E-state index contributed by atoms with van der Waals surface area (Å²) in [5, 5.41) is 5.58. The number of hydrogen-bond acceptors (Lipinski definition) is 4. The van der Waals surface area contributed by atoms with Crippen molar-refractivity contribution in [2.75, 3.05) is 13.2 Å². The normalized spacial score (nSPS) is 12.3. The second-order valence-corrected chi connectivity index (χ2v) is 5.25. The molecule has 0 aliphatic carbocycles. The third-order valence-electron chi connectivity index (χ3n) is 2.93. The molecule has 0 aliphatic heterocycles. The average Bonchev–Trinajstić information content (AvgIpc) is 2.95. The standard InChI is InChI=1S/C15H20N2OS/c1-2-18-15-8-4-3-7-13(15)14(10-16)17-11-12-6-5-9-19-12/h3-9,14,17H,2,10-11,16H2,1H3. The minimum atomic E-state index is 0.116. The molecule has 0 spiro atoms. The zero-order valence-electron chi connectivity index (χ0n) is 11.1. The Labute approximate surface area is 118 Å². The number of hydrogen-bond donors (Lipinski definition) is 2. The molecule has 1 atom stereocenters. The molecule has 2 rings (SSSR count). The van der Waals surface area contributed by atoms with Crippen LogP contribution in [0.2, 0.25) is 0 Å². The molecule has 2 aromatic rings. The molecule has 1 aromatic carbocycles. The topological polar surface area (TPSA) is 47.3 Å². The Balaban J connectivity index is 2.08. The van der Waals surface area contributed by atoms with E-state index in [0.717, 1.165) is 17.9 Å². The van der Waals surface area contributed by atoms with Gasteiger partial charge in [0.2, 0.25) is 0 Å². The maximum Gasteiger partial charge on any atom is 0.124 e. The van der Waals surface area contributed by atoms with Crippen molar-refractivity contribution in [2.24, 2.45) is 5.73 Å². The maximum atomic E-state index is 5.89. The van der Waals surface area contributed by atoms with Gasteiger partial charge in [-0.2, -0.15) is 0 Å². The van der Waals surface area contributed by atoms with Crippen LogP contribution in [0.5, 0.6) is 5.75 Å². The molecule has 1 aromatic heterocycles. The van der Waals surface area contributed by atoms with Gasteiger partial charge in [-0.05, 0) is 24.4 Å². The lowest BCUT2D eigenvalue weighted by molar-refractivity contribution is 0.331. The molecule has 0 radical (unpaired) electrons. The molecule has 1 unspecified atom stereocenters. The monoisotopic (exact) mass is 276 g/mol. The van der Waals surface area contributed by atoms with Gasteiger partial charge in [-0.25, -0.2) is 0 Å². The number of nitrogens with one attached hydrogen (secondary N) is 1. The third-order valence-corrected chi connectivity index (χ3v) is 3.81. The van der Waals surface area contributed by atoms with Crippen molar-refractivity contribution in [3.8, 4) is 5.75 Å². The zero-order chi connectivity index (χ0) is 13.5. The van der Waals surface area contributed by atoms with Crippen LogP contribution in [0.25, 0.3) is 0 Å². The maximum absolute atomic E-state index is 5.89. The molecule has 4 heteroatoms. The average molecular weight is 276 g/mol. The lowest BCUT2D eigenvalue weighted by Crippen LogP contribution is -2.28. The van der Waals surface area contributed by atoms with Gasteiger partial charge in [0.05, 0.1) is 6.61 Å². The van der Waals surface area contributed by atoms with Crippen LogP contribution in [0, 0.1) is 0 Å². The molecule has 1 heterocycles. The third kappa shape index (κ3) is 3.80. The first-order valence-electron chi connectivity index (χ1n) is 6.52. The Morgan fingerprint density at radius 2 is 2.11 bits per heavy atom. The van der Waals surface area contributed by atoms with Gasteiger partial charge < -0.3 is 15.8 Å². The van der Waals surface area contributed by atoms with Crippen molar-refractivity contribution in [1.29, 1.82) is 0 Å². The summed E-state index contributed by atoms with van der Waals surface area (Å²) >= 11 is 1.75. The first-order valence-corrected chi connectivity index (χ1v) is 7.40. The Hall–Kier alpha value is -1.36. The number of para-hydroxylation sites is 1. The number of ether oxygens (including phenoxy) is 1. The van der Waals surface area contributed by atoms with Gasteiger partial charge in [0.1, 0.15) is 5.75 Å². The summed E-state index contributed by atoms with van der Waals surface area (Å²) < 4.78 is 5.66. The minimum absolute atomic E-state index is 0.116. The fourth-order valence-electron chi connectivity index (χ4n) is 2.01. The zero-order valence-corrected chi connectivity index (χ0v) is 12.0. The molecule has 3 N–H and O–H groups in total. The van der Waals surface area contributed by atoms with Gasteiger partial charge >= 0.3 is 0 Å². The molecule has 0 fully saturated rings. The second-order valence-electron chi connectivity index (χ2n) is 4.22. The molecule has 0 saturated carbocycles. The number of thiophene rings is 1. The fraction of sp³-hybridized carbons (Fsp3) is 0.333. The van der Waals surface area contributed by atoms with Gasteiger partial charge in [0, 0.05) is 29.6 Å². The van der Waals surface area contributed by atoms with Gasteiger partial charge in [0.15, 0.2) is 0 Å². The predicted molar refractivity (Wildman–Crippen MR) is 80.6 cm³/mol. The Morgan fingerprint density at radius 3 is 2.79 bits per heavy atom. The van der Waals surface area contributed by atoms with Crippen LogP contribution >= 0.6 is 11.3 Å². The largest absolute Gasteiger partial charge is 0.494 e. The number of nitrogens with two attached hydrogens (primary N) is 1. The van der Waals surface area contributed by atoms with Crippen molar-refractivity contribution in [3.05, 3.63) is 52.2 Å². The number of benzene rings is 1. The SMILES string of the molecule is CCOc1ccccc1C(CN)NCc1cccs1. The van der Waals surface area contributed by atoms with E-state index in [2.05, 4.69) is 28.9 Å². The van der Waals surface area contributed by atoms with Crippen molar-refractivity contribution in [3.63, 3.8) is 0 Å². The molecular weight excluding hydrogens is 256 g/mol. The van der Waals surface area contributed by atoms with Gasteiger partial charge in [-0.1, -0.05) is 24.3 Å². The van der Waals surface area contributed by atoms with E-state index >= 15 is 0 Å². The Kier molecular flexibility index (Phi) is 5.39. The molecular formula is C15H20N2OS. The first-order chi connectivity index (χ1) is 9.35. The highest BCUT2D eigenvalue weighted by molar-refractivity contribution is 7.09. The molecule has 3 nitrogen and oxygen atoms in total. The van der Waals surface area contributed by atoms with E-state index < -0.39 is 0 Å². The van der Waals surface area contributed by atoms with Crippen molar-refractivity contribution in [1.82, 2.24) is 5.32 Å². The summed E-state index contributed by atoms with van der Waals surface area (Å²) in [5.74, 6) is 0.916. The van der Waals surface area contributed by atoms with E-state index in [1.54, 1.807) is 11.3 Å². The van der Waals surface area contributed by atoms with Crippen LogP contribution in [0.15, 0.2) is 41.8 Å². The lowest BCUT2D eigenvalue weighted by Gasteiger charge is -2.20. The minimum Gasteiger partial charge on any atom is -0.494 e. The van der Waals surface area contributed by atoms with Crippen molar-refractivity contribution in [2.45, 2.75) is 19.5 Å². The smallest absolute Gasteiger partial charge is 0.124 e. The van der Waals surface area contributed by atoms with Crippen LogP contribution in [0.1, 0.15) is 23.4 Å². The van der Waals surface area contributed by atoms with Crippen LogP contribution in [-0.2, 0) is 6.54 Å². The Morgan fingerprint density at radius 1 is 1.26 bits per heavy atom. The van der Waals surface area contributed by atoms with E-state index in [-0.39, 0.29) is 6.04 Å². The molecule has 0 bridgehead atoms. The predicted octanol–water partition coefficient (Wildman–Crippen LogP) is 2.94.